The van der Waals surface area contributed by atoms with Crippen LogP contribution in [0.15, 0.2) is 36.1 Å². The van der Waals surface area contributed by atoms with Crippen LogP contribution in [0.25, 0.3) is 0 Å². The fraction of sp³-hybridized carbons (Fsp3) is 0.429. The molecule has 1 atom stereocenters. The van der Waals surface area contributed by atoms with E-state index in [1.807, 2.05) is 19.9 Å². The minimum atomic E-state index is -0.630. The topological polar surface area (TPSA) is 84.4 Å². The van der Waals surface area contributed by atoms with Crippen LogP contribution < -0.4 is 10.1 Å². The standard InChI is InChI=1S/C21H23ClN4O3S/c1-12(2)9-16(20(28)24-21-23-19(25-30-21)13-7-8-13)26-11-14(10-18(26)27)29-17-6-4-3-5-15(17)22/h3-6,10,12-13,16H,7-9,11H2,1-2H3,(H,23,24,25,28)/t16-/m0/s1. The number of hydrogen-bond donors (Lipinski definition) is 1. The molecule has 1 saturated carbocycles. The van der Waals surface area contributed by atoms with Crippen LogP contribution in [0.5, 0.6) is 5.75 Å². The van der Waals surface area contributed by atoms with E-state index >= 15 is 0 Å². The fourth-order valence-corrected chi connectivity index (χ4v) is 4.14. The van der Waals surface area contributed by atoms with E-state index in [0.29, 0.717) is 34.0 Å². The van der Waals surface area contributed by atoms with E-state index < -0.39 is 6.04 Å². The summed E-state index contributed by atoms with van der Waals surface area (Å²) in [5.74, 6) is 1.86. The van der Waals surface area contributed by atoms with Crippen LogP contribution in [0.1, 0.15) is 44.9 Å². The average molecular weight is 447 g/mol. The molecule has 2 amide bonds. The Morgan fingerprint density at radius 1 is 1.37 bits per heavy atom. The fourth-order valence-electron chi connectivity index (χ4n) is 3.31. The van der Waals surface area contributed by atoms with Crippen LogP contribution in [-0.4, -0.2) is 38.7 Å². The zero-order chi connectivity index (χ0) is 21.3. The lowest BCUT2D eigenvalue weighted by molar-refractivity contribution is -0.133. The van der Waals surface area contributed by atoms with E-state index in [-0.39, 0.29) is 24.3 Å². The summed E-state index contributed by atoms with van der Waals surface area (Å²) in [6.07, 6.45) is 4.14. The van der Waals surface area contributed by atoms with Crippen molar-refractivity contribution in [2.75, 3.05) is 11.9 Å². The highest BCUT2D eigenvalue weighted by molar-refractivity contribution is 7.09. The SMILES string of the molecule is CC(C)C[C@@H](C(=O)Nc1nc(C2CC2)ns1)N1CC(Oc2ccccc2Cl)=CC1=O. The zero-order valence-corrected chi connectivity index (χ0v) is 18.4. The Labute approximate surface area is 184 Å². The lowest BCUT2D eigenvalue weighted by atomic mass is 10.0. The monoisotopic (exact) mass is 446 g/mol. The molecule has 1 aliphatic heterocycles. The van der Waals surface area contributed by atoms with Gasteiger partial charge in [0.2, 0.25) is 11.0 Å². The summed E-state index contributed by atoms with van der Waals surface area (Å²) in [5.41, 5.74) is 0. The van der Waals surface area contributed by atoms with Crippen molar-refractivity contribution < 1.29 is 14.3 Å². The second-order valence-corrected chi connectivity index (χ2v) is 9.13. The molecule has 7 nitrogen and oxygen atoms in total. The van der Waals surface area contributed by atoms with Gasteiger partial charge in [0.15, 0.2) is 0 Å². The van der Waals surface area contributed by atoms with Crippen molar-refractivity contribution in [3.63, 3.8) is 0 Å². The summed E-state index contributed by atoms with van der Waals surface area (Å²) >= 11 is 7.33. The van der Waals surface area contributed by atoms with Crippen molar-refractivity contribution in [1.82, 2.24) is 14.3 Å². The minimum Gasteiger partial charge on any atom is -0.458 e. The first-order valence-electron chi connectivity index (χ1n) is 9.98. The second-order valence-electron chi connectivity index (χ2n) is 7.98. The molecule has 0 spiro atoms. The van der Waals surface area contributed by atoms with Gasteiger partial charge in [0.05, 0.1) is 11.6 Å². The molecule has 0 unspecified atom stereocenters. The predicted octanol–water partition coefficient (Wildman–Crippen LogP) is 4.23. The largest absolute Gasteiger partial charge is 0.458 e. The summed E-state index contributed by atoms with van der Waals surface area (Å²) in [6.45, 7) is 4.25. The molecular weight excluding hydrogens is 424 g/mol. The lowest BCUT2D eigenvalue weighted by Gasteiger charge is -2.28. The molecule has 4 rings (SSSR count). The molecule has 0 radical (unpaired) electrons. The molecule has 1 fully saturated rings. The van der Waals surface area contributed by atoms with Crippen molar-refractivity contribution in [1.29, 1.82) is 0 Å². The van der Waals surface area contributed by atoms with Gasteiger partial charge in [-0.1, -0.05) is 37.6 Å². The Morgan fingerprint density at radius 3 is 2.83 bits per heavy atom. The normalized spacial score (nSPS) is 17.3. The van der Waals surface area contributed by atoms with Crippen LogP contribution in [0.3, 0.4) is 0 Å². The molecule has 158 valence electrons. The summed E-state index contributed by atoms with van der Waals surface area (Å²) in [5, 5.41) is 3.78. The highest BCUT2D eigenvalue weighted by Crippen LogP contribution is 2.39. The van der Waals surface area contributed by atoms with Gasteiger partial charge in [-0.05, 0) is 37.3 Å². The summed E-state index contributed by atoms with van der Waals surface area (Å²) < 4.78 is 10.1. The molecule has 9 heteroatoms. The summed E-state index contributed by atoms with van der Waals surface area (Å²) in [7, 11) is 0. The van der Waals surface area contributed by atoms with Gasteiger partial charge < -0.3 is 9.64 Å². The molecule has 2 aromatic rings. The Hall–Kier alpha value is -2.45. The van der Waals surface area contributed by atoms with Crippen LogP contribution in [-0.2, 0) is 9.59 Å². The first-order valence-corrected chi connectivity index (χ1v) is 11.1. The van der Waals surface area contributed by atoms with Crippen molar-refractivity contribution in [2.45, 2.75) is 45.1 Å². The molecule has 0 saturated heterocycles. The number of carbonyl (C=O) groups is 2. The van der Waals surface area contributed by atoms with Gasteiger partial charge in [-0.3, -0.25) is 14.9 Å². The van der Waals surface area contributed by atoms with Gasteiger partial charge in [0.1, 0.15) is 23.4 Å². The molecule has 0 bridgehead atoms. The summed E-state index contributed by atoms with van der Waals surface area (Å²) in [6, 6.07) is 6.44. The average Bonchev–Trinajstić information content (AvgIpc) is 3.34. The maximum Gasteiger partial charge on any atom is 0.251 e. The number of amides is 2. The molecule has 2 heterocycles. The van der Waals surface area contributed by atoms with Gasteiger partial charge in [-0.15, -0.1) is 0 Å². The second kappa shape index (κ2) is 8.73. The number of benzene rings is 1. The van der Waals surface area contributed by atoms with Crippen molar-refractivity contribution >= 4 is 40.1 Å². The molecule has 30 heavy (non-hydrogen) atoms. The minimum absolute atomic E-state index is 0.207. The van der Waals surface area contributed by atoms with Gasteiger partial charge in [-0.2, -0.15) is 4.37 Å². The number of halogens is 1. The Balaban J connectivity index is 1.45. The third kappa shape index (κ3) is 4.82. The van der Waals surface area contributed by atoms with Crippen molar-refractivity contribution in [3.8, 4) is 5.75 Å². The number of nitrogens with one attached hydrogen (secondary N) is 1. The van der Waals surface area contributed by atoms with Crippen LogP contribution in [0.4, 0.5) is 5.13 Å². The first kappa shape index (κ1) is 20.8. The van der Waals surface area contributed by atoms with E-state index in [4.69, 9.17) is 16.3 Å². The van der Waals surface area contributed by atoms with Crippen LogP contribution >= 0.6 is 23.1 Å². The number of anilines is 1. The molecule has 1 aromatic carbocycles. The van der Waals surface area contributed by atoms with E-state index in [1.54, 1.807) is 18.2 Å². The van der Waals surface area contributed by atoms with Gasteiger partial charge in [0.25, 0.3) is 5.91 Å². The predicted molar refractivity (Wildman–Crippen MR) is 116 cm³/mol. The number of aromatic nitrogens is 2. The first-order chi connectivity index (χ1) is 14.4. The maximum atomic E-state index is 13.0. The molecule has 1 N–H and O–H groups in total. The quantitative estimate of drug-likeness (QED) is 0.656. The number of hydrogen-bond acceptors (Lipinski definition) is 6. The van der Waals surface area contributed by atoms with E-state index in [1.165, 1.54) is 22.5 Å². The highest BCUT2D eigenvalue weighted by atomic mass is 35.5. The molecule has 2 aliphatic rings. The number of nitrogens with zero attached hydrogens (tertiary/aromatic N) is 3. The van der Waals surface area contributed by atoms with E-state index in [0.717, 1.165) is 18.7 Å². The third-order valence-corrected chi connectivity index (χ3v) is 5.92. The van der Waals surface area contributed by atoms with Gasteiger partial charge in [0, 0.05) is 23.5 Å². The van der Waals surface area contributed by atoms with Crippen molar-refractivity contribution in [2.24, 2.45) is 5.92 Å². The lowest BCUT2D eigenvalue weighted by Crippen LogP contribution is -2.46. The number of para-hydroxylation sites is 1. The third-order valence-electron chi connectivity index (χ3n) is 4.96. The number of ether oxygens (including phenoxy) is 1. The smallest absolute Gasteiger partial charge is 0.251 e. The van der Waals surface area contributed by atoms with E-state index in [2.05, 4.69) is 14.7 Å². The highest BCUT2D eigenvalue weighted by Gasteiger charge is 2.35. The van der Waals surface area contributed by atoms with Crippen molar-refractivity contribution in [3.05, 3.63) is 46.9 Å². The van der Waals surface area contributed by atoms with Crippen LogP contribution in [0, 0.1) is 5.92 Å². The van der Waals surface area contributed by atoms with E-state index in [9.17, 15) is 9.59 Å². The van der Waals surface area contributed by atoms with Gasteiger partial charge >= 0.3 is 0 Å². The summed E-state index contributed by atoms with van der Waals surface area (Å²) in [4.78, 5) is 31.7. The van der Waals surface area contributed by atoms with Gasteiger partial charge in [-0.25, -0.2) is 4.98 Å². The number of rotatable bonds is 8. The Morgan fingerprint density at radius 2 is 2.13 bits per heavy atom. The Bertz CT molecular complexity index is 986. The molecule has 1 aliphatic carbocycles. The Kier molecular flexibility index (Phi) is 6.06. The van der Waals surface area contributed by atoms with Crippen LogP contribution in [0.2, 0.25) is 5.02 Å². The zero-order valence-electron chi connectivity index (χ0n) is 16.8. The number of carbonyl (C=O) groups excluding carboxylic acids is 2. The molecule has 1 aromatic heterocycles. The maximum absolute atomic E-state index is 13.0. The molecular formula is C21H23ClN4O3S.